The van der Waals surface area contributed by atoms with Gasteiger partial charge in [-0.05, 0) is 58.3 Å². The predicted octanol–water partition coefficient (Wildman–Crippen LogP) is 4.25. The van der Waals surface area contributed by atoms with Crippen LogP contribution in [0, 0.1) is 5.82 Å². The number of hydrazone groups is 1. The molecule has 1 aromatic heterocycles. The number of carbonyl (C=O) groups excluding carboxylic acids is 1. The second-order valence-electron chi connectivity index (χ2n) is 6.93. The maximum Gasteiger partial charge on any atom is 0.274 e. The van der Waals surface area contributed by atoms with Crippen LogP contribution in [-0.2, 0) is 10.0 Å². The summed E-state index contributed by atoms with van der Waals surface area (Å²) >= 11 is 1.53. The number of nitrogens with one attached hydrogen (secondary N) is 1. The van der Waals surface area contributed by atoms with Crippen molar-refractivity contribution in [3.63, 3.8) is 0 Å². The molecule has 1 atom stereocenters. The van der Waals surface area contributed by atoms with E-state index in [2.05, 4.69) is 9.82 Å². The number of nitrogens with zero attached hydrogens (tertiary/aromatic N) is 2. The van der Waals surface area contributed by atoms with Crippen LogP contribution >= 0.6 is 11.3 Å². The number of carbonyl (C=O) groups is 1. The van der Waals surface area contributed by atoms with E-state index in [0.717, 1.165) is 17.4 Å². The van der Waals surface area contributed by atoms with Crippen LogP contribution in [0.4, 0.5) is 10.1 Å². The van der Waals surface area contributed by atoms with Crippen molar-refractivity contribution in [2.75, 3.05) is 11.0 Å². The van der Waals surface area contributed by atoms with E-state index < -0.39 is 15.8 Å². The molecule has 4 rings (SSSR count). The van der Waals surface area contributed by atoms with Gasteiger partial charge in [0.1, 0.15) is 5.82 Å². The first-order valence-electron chi connectivity index (χ1n) is 9.07. The molecule has 30 heavy (non-hydrogen) atoms. The van der Waals surface area contributed by atoms with Crippen LogP contribution in [0.15, 0.2) is 70.5 Å². The van der Waals surface area contributed by atoms with E-state index >= 15 is 0 Å². The highest BCUT2D eigenvalue weighted by Crippen LogP contribution is 2.35. The zero-order chi connectivity index (χ0) is 21.3. The summed E-state index contributed by atoms with van der Waals surface area (Å²) in [6.45, 7) is 0. The lowest BCUT2D eigenvalue weighted by Crippen LogP contribution is -2.26. The molecule has 0 spiro atoms. The standard InChI is InChI=1S/C21H18FN3O3S2/c1-30(27,28)24-18-7-5-14(6-8-18)19-12-20(16-9-10-29-13-16)25(23-19)21(26)15-3-2-4-17(22)11-15/h2-11,13,20,24H,12H2,1H3/t20-/m0/s1. The van der Waals surface area contributed by atoms with E-state index in [-0.39, 0.29) is 17.5 Å². The highest BCUT2D eigenvalue weighted by Gasteiger charge is 2.34. The molecule has 6 nitrogen and oxygen atoms in total. The third kappa shape index (κ3) is 4.42. The number of sulfonamides is 1. The summed E-state index contributed by atoms with van der Waals surface area (Å²) < 4.78 is 38.8. The normalized spacial score (nSPS) is 16.4. The molecule has 1 aliphatic rings. The molecule has 0 bridgehead atoms. The Morgan fingerprint density at radius 2 is 1.97 bits per heavy atom. The molecule has 0 saturated carbocycles. The van der Waals surface area contributed by atoms with Crippen LogP contribution in [0.3, 0.4) is 0 Å². The van der Waals surface area contributed by atoms with Crippen molar-refractivity contribution in [2.24, 2.45) is 5.10 Å². The van der Waals surface area contributed by atoms with Gasteiger partial charge in [-0.2, -0.15) is 16.4 Å². The summed E-state index contributed by atoms with van der Waals surface area (Å²) in [5.41, 5.74) is 3.11. The first kappa shape index (κ1) is 20.2. The minimum Gasteiger partial charge on any atom is -0.284 e. The Bertz CT molecular complexity index is 1210. The summed E-state index contributed by atoms with van der Waals surface area (Å²) in [5.74, 6) is -0.860. The van der Waals surface area contributed by atoms with Gasteiger partial charge in [0.25, 0.3) is 5.91 Å². The molecule has 2 heterocycles. The number of rotatable bonds is 5. The second-order valence-corrected chi connectivity index (χ2v) is 9.46. The maximum atomic E-state index is 13.6. The lowest BCUT2D eigenvalue weighted by Gasteiger charge is -2.21. The SMILES string of the molecule is CS(=O)(=O)Nc1ccc(C2=NN(C(=O)c3cccc(F)c3)[C@H](c3ccsc3)C2)cc1. The summed E-state index contributed by atoms with van der Waals surface area (Å²) in [4.78, 5) is 13.1. The largest absolute Gasteiger partial charge is 0.284 e. The third-order valence-corrected chi connectivity index (χ3v) is 5.95. The number of hydrogen-bond donors (Lipinski definition) is 1. The Labute approximate surface area is 177 Å². The van der Waals surface area contributed by atoms with Gasteiger partial charge in [-0.3, -0.25) is 9.52 Å². The number of hydrogen-bond acceptors (Lipinski definition) is 5. The average molecular weight is 444 g/mol. The Kier molecular flexibility index (Phi) is 5.40. The number of halogens is 1. The van der Waals surface area contributed by atoms with E-state index in [0.29, 0.717) is 17.8 Å². The second kappa shape index (κ2) is 8.00. The molecular weight excluding hydrogens is 425 g/mol. The molecule has 0 saturated heterocycles. The van der Waals surface area contributed by atoms with Crippen LogP contribution < -0.4 is 4.72 Å². The molecule has 3 aromatic rings. The fraction of sp³-hybridized carbons (Fsp3) is 0.143. The van der Waals surface area contributed by atoms with Gasteiger partial charge in [0, 0.05) is 17.7 Å². The van der Waals surface area contributed by atoms with Gasteiger partial charge < -0.3 is 0 Å². The number of thiophene rings is 1. The molecule has 0 unspecified atom stereocenters. The summed E-state index contributed by atoms with van der Waals surface area (Å²) in [7, 11) is -3.36. The molecule has 1 N–H and O–H groups in total. The Hall–Kier alpha value is -3.04. The average Bonchev–Trinajstić information content (AvgIpc) is 3.36. The molecule has 0 aliphatic carbocycles. The van der Waals surface area contributed by atoms with Crippen LogP contribution in [0.2, 0.25) is 0 Å². The van der Waals surface area contributed by atoms with Crippen molar-refractivity contribution in [2.45, 2.75) is 12.5 Å². The van der Waals surface area contributed by atoms with Crippen molar-refractivity contribution >= 4 is 38.7 Å². The Morgan fingerprint density at radius 3 is 2.60 bits per heavy atom. The lowest BCUT2D eigenvalue weighted by molar-refractivity contribution is 0.0711. The molecule has 2 aromatic carbocycles. The third-order valence-electron chi connectivity index (χ3n) is 4.64. The molecule has 0 radical (unpaired) electrons. The minimum absolute atomic E-state index is 0.230. The van der Waals surface area contributed by atoms with Gasteiger partial charge in [0.05, 0.1) is 18.0 Å². The highest BCUT2D eigenvalue weighted by molar-refractivity contribution is 7.92. The van der Waals surface area contributed by atoms with E-state index in [9.17, 15) is 17.6 Å². The Morgan fingerprint density at radius 1 is 1.20 bits per heavy atom. The summed E-state index contributed by atoms with van der Waals surface area (Å²) in [5, 5.41) is 9.85. The quantitative estimate of drug-likeness (QED) is 0.640. The van der Waals surface area contributed by atoms with Crippen molar-refractivity contribution in [3.8, 4) is 0 Å². The van der Waals surface area contributed by atoms with Crippen molar-refractivity contribution in [1.82, 2.24) is 5.01 Å². The van der Waals surface area contributed by atoms with Crippen LogP contribution in [0.25, 0.3) is 0 Å². The van der Waals surface area contributed by atoms with Gasteiger partial charge in [0.15, 0.2) is 0 Å². The molecule has 9 heteroatoms. The van der Waals surface area contributed by atoms with E-state index in [1.54, 1.807) is 30.3 Å². The summed E-state index contributed by atoms with van der Waals surface area (Å²) in [6.07, 6.45) is 1.58. The molecule has 1 aliphatic heterocycles. The van der Waals surface area contributed by atoms with Gasteiger partial charge >= 0.3 is 0 Å². The van der Waals surface area contributed by atoms with Crippen LogP contribution in [0.1, 0.15) is 33.9 Å². The van der Waals surface area contributed by atoms with E-state index in [1.165, 1.54) is 34.5 Å². The zero-order valence-corrected chi connectivity index (χ0v) is 17.6. The van der Waals surface area contributed by atoms with Gasteiger partial charge in [-0.25, -0.2) is 17.8 Å². The Balaban J connectivity index is 1.66. The molecule has 1 amide bonds. The number of amides is 1. The molecule has 0 fully saturated rings. The van der Waals surface area contributed by atoms with Gasteiger partial charge in [0.2, 0.25) is 10.0 Å². The first-order valence-corrected chi connectivity index (χ1v) is 11.9. The zero-order valence-electron chi connectivity index (χ0n) is 15.9. The van der Waals surface area contributed by atoms with Crippen LogP contribution in [-0.4, -0.2) is 31.3 Å². The van der Waals surface area contributed by atoms with Crippen LogP contribution in [0.5, 0.6) is 0 Å². The van der Waals surface area contributed by atoms with Crippen molar-refractivity contribution in [3.05, 3.63) is 87.9 Å². The monoisotopic (exact) mass is 443 g/mol. The van der Waals surface area contributed by atoms with Crippen molar-refractivity contribution < 1.29 is 17.6 Å². The van der Waals surface area contributed by atoms with Crippen molar-refractivity contribution in [1.29, 1.82) is 0 Å². The fourth-order valence-electron chi connectivity index (χ4n) is 3.29. The fourth-order valence-corrected chi connectivity index (χ4v) is 4.57. The van der Waals surface area contributed by atoms with Gasteiger partial charge in [-0.15, -0.1) is 0 Å². The van der Waals surface area contributed by atoms with Gasteiger partial charge in [-0.1, -0.05) is 18.2 Å². The number of anilines is 1. The number of benzene rings is 2. The maximum absolute atomic E-state index is 13.6. The molecule has 154 valence electrons. The lowest BCUT2D eigenvalue weighted by atomic mass is 10.00. The topological polar surface area (TPSA) is 78.8 Å². The first-order chi connectivity index (χ1) is 14.3. The minimum atomic E-state index is -3.36. The summed E-state index contributed by atoms with van der Waals surface area (Å²) in [6, 6.07) is 14.0. The van der Waals surface area contributed by atoms with E-state index in [4.69, 9.17) is 0 Å². The molecular formula is C21H18FN3O3S2. The predicted molar refractivity (Wildman–Crippen MR) is 116 cm³/mol. The highest BCUT2D eigenvalue weighted by atomic mass is 32.2. The van der Waals surface area contributed by atoms with E-state index in [1.807, 2.05) is 16.8 Å². The smallest absolute Gasteiger partial charge is 0.274 e.